The zero-order valence-corrected chi connectivity index (χ0v) is 16.2. The van der Waals surface area contributed by atoms with Gasteiger partial charge in [-0.25, -0.2) is 5.43 Å². The van der Waals surface area contributed by atoms with Gasteiger partial charge in [0.1, 0.15) is 5.75 Å². The lowest BCUT2D eigenvalue weighted by Gasteiger charge is -2.05. The Labute approximate surface area is 160 Å². The third kappa shape index (κ3) is 7.74. The molecule has 0 saturated carbocycles. The van der Waals surface area contributed by atoms with Gasteiger partial charge < -0.3 is 4.74 Å². The molecule has 2 rings (SSSR count). The van der Waals surface area contributed by atoms with Gasteiger partial charge in [-0.2, -0.15) is 5.10 Å². The average Bonchev–Trinajstić information content (AvgIpc) is 2.65. The van der Waals surface area contributed by atoms with Gasteiger partial charge in [0, 0.05) is 5.75 Å². The molecule has 0 aromatic heterocycles. The number of hydrazone groups is 1. The number of amides is 1. The molecule has 0 saturated heterocycles. The predicted molar refractivity (Wildman–Crippen MR) is 110 cm³/mol. The summed E-state index contributed by atoms with van der Waals surface area (Å²) in [5.41, 5.74) is 5.94. The molecule has 26 heavy (non-hydrogen) atoms. The smallest absolute Gasteiger partial charge is 0.250 e. The van der Waals surface area contributed by atoms with Crippen LogP contribution in [-0.4, -0.2) is 24.5 Å². The van der Waals surface area contributed by atoms with Crippen LogP contribution in [0.4, 0.5) is 0 Å². The Balaban J connectivity index is 1.66. The monoisotopic (exact) mass is 370 g/mol. The third-order valence-electron chi connectivity index (χ3n) is 3.67. The van der Waals surface area contributed by atoms with Crippen LogP contribution in [0.25, 0.3) is 0 Å². The van der Waals surface area contributed by atoms with Crippen LogP contribution in [0.3, 0.4) is 0 Å². The number of thioether (sulfide) groups is 1. The van der Waals surface area contributed by atoms with Crippen LogP contribution in [0.1, 0.15) is 36.5 Å². The normalized spacial score (nSPS) is 10.8. The summed E-state index contributed by atoms with van der Waals surface area (Å²) in [4.78, 5) is 11.8. The van der Waals surface area contributed by atoms with E-state index in [1.54, 1.807) is 18.0 Å². The molecular formula is C21H26N2O2S. The molecule has 2 aromatic rings. The number of hydrogen-bond acceptors (Lipinski definition) is 4. The summed E-state index contributed by atoms with van der Waals surface area (Å²) < 4.78 is 5.61. The number of unbranched alkanes of at least 4 members (excludes halogenated alkanes) is 1. The highest BCUT2D eigenvalue weighted by molar-refractivity contribution is 7.99. The molecular weight excluding hydrogens is 344 g/mol. The number of aryl methyl sites for hydroxylation is 1. The number of ether oxygens (including phenoxy) is 1. The van der Waals surface area contributed by atoms with Crippen molar-refractivity contribution < 1.29 is 9.53 Å². The van der Waals surface area contributed by atoms with Crippen molar-refractivity contribution in [2.75, 3.05) is 12.4 Å². The fraction of sp³-hybridized carbons (Fsp3) is 0.333. The predicted octanol–water partition coefficient (Wildman–Crippen LogP) is 4.56. The number of rotatable bonds is 10. The number of carbonyl (C=O) groups excluding carboxylic acids is 1. The van der Waals surface area contributed by atoms with Gasteiger partial charge in [-0.1, -0.05) is 43.2 Å². The van der Waals surface area contributed by atoms with E-state index in [4.69, 9.17) is 4.74 Å². The van der Waals surface area contributed by atoms with Gasteiger partial charge in [-0.05, 0) is 48.7 Å². The van der Waals surface area contributed by atoms with Crippen molar-refractivity contribution in [3.05, 3.63) is 65.2 Å². The first-order valence-corrected chi connectivity index (χ1v) is 10.0. The first kappa shape index (κ1) is 20.0. The van der Waals surface area contributed by atoms with Crippen LogP contribution >= 0.6 is 11.8 Å². The Kier molecular flexibility index (Phi) is 8.76. The second-order valence-electron chi connectivity index (χ2n) is 6.04. The molecule has 5 heteroatoms. The largest absolute Gasteiger partial charge is 0.494 e. The quantitative estimate of drug-likeness (QED) is 0.379. The number of nitrogens with one attached hydrogen (secondary N) is 1. The van der Waals surface area contributed by atoms with Gasteiger partial charge in [0.25, 0.3) is 0 Å². The summed E-state index contributed by atoms with van der Waals surface area (Å²) in [5.74, 6) is 1.96. The second kappa shape index (κ2) is 11.4. The van der Waals surface area contributed by atoms with E-state index in [9.17, 15) is 4.79 Å². The molecule has 1 amide bonds. The van der Waals surface area contributed by atoms with Crippen LogP contribution in [0.2, 0.25) is 0 Å². The molecule has 0 spiro atoms. The summed E-state index contributed by atoms with van der Waals surface area (Å²) in [6.07, 6.45) is 3.81. The molecule has 0 atom stereocenters. The van der Waals surface area contributed by atoms with Gasteiger partial charge in [0.15, 0.2) is 0 Å². The Bertz CT molecular complexity index is 697. The zero-order valence-electron chi connectivity index (χ0n) is 15.4. The maximum Gasteiger partial charge on any atom is 0.250 e. The first-order chi connectivity index (χ1) is 12.7. The van der Waals surface area contributed by atoms with Crippen molar-refractivity contribution in [1.82, 2.24) is 5.43 Å². The highest BCUT2D eigenvalue weighted by atomic mass is 32.2. The SMILES string of the molecule is CCCCOc1ccc(/C=N\NC(=O)CSCc2ccc(C)cc2)cc1. The summed E-state index contributed by atoms with van der Waals surface area (Å²) >= 11 is 1.58. The average molecular weight is 371 g/mol. The maximum atomic E-state index is 11.8. The van der Waals surface area contributed by atoms with Crippen LogP contribution in [0.5, 0.6) is 5.75 Å². The Morgan fingerprint density at radius 2 is 1.88 bits per heavy atom. The number of benzene rings is 2. The van der Waals surface area contributed by atoms with Gasteiger partial charge in [0.2, 0.25) is 5.91 Å². The van der Waals surface area contributed by atoms with Crippen LogP contribution in [0.15, 0.2) is 53.6 Å². The molecule has 0 bridgehead atoms. The van der Waals surface area contributed by atoms with E-state index in [1.807, 2.05) is 24.3 Å². The van der Waals surface area contributed by atoms with Gasteiger partial charge in [-0.3, -0.25) is 4.79 Å². The second-order valence-corrected chi connectivity index (χ2v) is 7.03. The summed E-state index contributed by atoms with van der Waals surface area (Å²) in [6.45, 7) is 4.94. The highest BCUT2D eigenvalue weighted by Gasteiger charge is 2.01. The van der Waals surface area contributed by atoms with Gasteiger partial charge >= 0.3 is 0 Å². The lowest BCUT2D eigenvalue weighted by molar-refractivity contribution is -0.118. The molecule has 0 aliphatic carbocycles. The molecule has 2 aromatic carbocycles. The molecule has 0 aliphatic rings. The molecule has 0 radical (unpaired) electrons. The first-order valence-electron chi connectivity index (χ1n) is 8.85. The minimum Gasteiger partial charge on any atom is -0.494 e. The van der Waals surface area contributed by atoms with E-state index in [-0.39, 0.29) is 5.91 Å². The summed E-state index contributed by atoms with van der Waals surface area (Å²) in [5, 5.41) is 4.01. The summed E-state index contributed by atoms with van der Waals surface area (Å²) in [6, 6.07) is 16.0. The van der Waals surface area contributed by atoms with E-state index in [1.165, 1.54) is 11.1 Å². The van der Waals surface area contributed by atoms with Crippen molar-refractivity contribution >= 4 is 23.9 Å². The Morgan fingerprint density at radius 3 is 2.58 bits per heavy atom. The van der Waals surface area contributed by atoms with E-state index < -0.39 is 0 Å². The lowest BCUT2D eigenvalue weighted by Crippen LogP contribution is -2.19. The maximum absolute atomic E-state index is 11.8. The van der Waals surface area contributed by atoms with Crippen molar-refractivity contribution in [1.29, 1.82) is 0 Å². The number of hydrogen-bond donors (Lipinski definition) is 1. The van der Waals surface area contributed by atoms with E-state index >= 15 is 0 Å². The molecule has 4 nitrogen and oxygen atoms in total. The molecule has 0 heterocycles. The molecule has 1 N–H and O–H groups in total. The number of carbonyl (C=O) groups is 1. The zero-order chi connectivity index (χ0) is 18.6. The highest BCUT2D eigenvalue weighted by Crippen LogP contribution is 2.13. The fourth-order valence-electron chi connectivity index (χ4n) is 2.14. The summed E-state index contributed by atoms with van der Waals surface area (Å²) in [7, 11) is 0. The van der Waals surface area contributed by atoms with Crippen molar-refractivity contribution in [2.24, 2.45) is 5.10 Å². The van der Waals surface area contributed by atoms with Crippen molar-refractivity contribution in [2.45, 2.75) is 32.4 Å². The van der Waals surface area contributed by atoms with E-state index in [0.717, 1.165) is 36.5 Å². The topological polar surface area (TPSA) is 50.7 Å². The molecule has 0 unspecified atom stereocenters. The minimum absolute atomic E-state index is 0.0992. The van der Waals surface area contributed by atoms with Crippen LogP contribution < -0.4 is 10.2 Å². The standard InChI is InChI=1S/C21H26N2O2S/c1-3-4-13-25-20-11-9-18(10-12-20)14-22-23-21(24)16-26-15-19-7-5-17(2)6-8-19/h5-12,14H,3-4,13,15-16H2,1-2H3,(H,23,24)/b22-14-. The van der Waals surface area contributed by atoms with E-state index in [2.05, 4.69) is 48.6 Å². The lowest BCUT2D eigenvalue weighted by atomic mass is 10.2. The van der Waals surface area contributed by atoms with Gasteiger partial charge in [0.05, 0.1) is 18.6 Å². The van der Waals surface area contributed by atoms with E-state index in [0.29, 0.717) is 5.75 Å². The van der Waals surface area contributed by atoms with Crippen molar-refractivity contribution in [3.8, 4) is 5.75 Å². The molecule has 0 fully saturated rings. The van der Waals surface area contributed by atoms with Crippen LogP contribution in [-0.2, 0) is 10.5 Å². The molecule has 138 valence electrons. The Morgan fingerprint density at radius 1 is 1.15 bits per heavy atom. The third-order valence-corrected chi connectivity index (χ3v) is 4.68. The van der Waals surface area contributed by atoms with Crippen LogP contribution in [0, 0.1) is 6.92 Å². The van der Waals surface area contributed by atoms with Crippen molar-refractivity contribution in [3.63, 3.8) is 0 Å². The number of nitrogens with zero attached hydrogens (tertiary/aromatic N) is 1. The fourth-order valence-corrected chi connectivity index (χ4v) is 2.92. The molecule has 0 aliphatic heterocycles. The Hall–Kier alpha value is -2.27. The minimum atomic E-state index is -0.0992. The van der Waals surface area contributed by atoms with Gasteiger partial charge in [-0.15, -0.1) is 11.8 Å².